The number of carbonyl (C=O) groups excluding carboxylic acids is 1. The van der Waals surface area contributed by atoms with Crippen molar-refractivity contribution in [1.29, 1.82) is 0 Å². The molecule has 0 saturated carbocycles. The van der Waals surface area contributed by atoms with Gasteiger partial charge in [-0.15, -0.1) is 0 Å². The molecule has 4 heteroatoms. The van der Waals surface area contributed by atoms with Crippen LogP contribution in [0.1, 0.15) is 111 Å². The number of rotatable bonds is 20. The van der Waals surface area contributed by atoms with Gasteiger partial charge in [0, 0.05) is 6.42 Å². The quantitative estimate of drug-likeness (QED) is 0.0780. The van der Waals surface area contributed by atoms with Crippen LogP contribution in [0.25, 0.3) is 0 Å². The summed E-state index contributed by atoms with van der Waals surface area (Å²) in [4.78, 5) is 23.8. The van der Waals surface area contributed by atoms with Crippen molar-refractivity contribution in [2.45, 2.75) is 116 Å². The van der Waals surface area contributed by atoms with Crippen LogP contribution in [0.5, 0.6) is 0 Å². The number of esters is 1. The molecule has 0 aliphatic rings. The fourth-order valence-corrected chi connectivity index (χ4v) is 9.74. The van der Waals surface area contributed by atoms with E-state index in [1.165, 1.54) is 58.5 Å². The van der Waals surface area contributed by atoms with Gasteiger partial charge < -0.3 is 9.53 Å². The molecule has 0 aliphatic carbocycles. The molecule has 1 N–H and O–H groups in total. The predicted octanol–water partition coefficient (Wildman–Crippen LogP) is 8.35. The standard InChI is InChI=1S/C35H54O3Si/c1-5-6-7-16-23-31(24-17-12-10-8-9-11-13-22-29-34(36)38-4)30-35(2,3)39(37,32-25-18-14-19-26-32)33-27-20-15-21-28-33/h12,14-15,17-21,25-28,31,37H,5-11,13,16,22-24,29-30H2,1-4H3/b17-12-/t31-/m1/s1. The number of unbranched alkanes of at least 4 members (excludes halogenated alkanes) is 8. The summed E-state index contributed by atoms with van der Waals surface area (Å²) in [5, 5.41) is 2.00. The average molecular weight is 551 g/mol. The van der Waals surface area contributed by atoms with Gasteiger partial charge in [-0.05, 0) is 53.4 Å². The normalized spacial score (nSPS) is 13.1. The first-order chi connectivity index (χ1) is 18.8. The van der Waals surface area contributed by atoms with Crippen LogP contribution in [-0.4, -0.2) is 26.2 Å². The van der Waals surface area contributed by atoms with E-state index in [0.717, 1.165) is 42.5 Å². The van der Waals surface area contributed by atoms with Crippen molar-refractivity contribution in [2.24, 2.45) is 5.92 Å². The highest BCUT2D eigenvalue weighted by Crippen LogP contribution is 2.43. The van der Waals surface area contributed by atoms with E-state index in [4.69, 9.17) is 4.74 Å². The summed E-state index contributed by atoms with van der Waals surface area (Å²) < 4.78 is 4.71. The summed E-state index contributed by atoms with van der Waals surface area (Å²) in [6.07, 6.45) is 20.5. The first-order valence-corrected chi connectivity index (χ1v) is 17.3. The summed E-state index contributed by atoms with van der Waals surface area (Å²) in [6, 6.07) is 20.9. The number of carbonyl (C=O) groups is 1. The van der Waals surface area contributed by atoms with Crippen LogP contribution in [0.3, 0.4) is 0 Å². The molecule has 0 bridgehead atoms. The first kappa shape index (κ1) is 33.0. The molecule has 0 heterocycles. The molecule has 216 valence electrons. The van der Waals surface area contributed by atoms with Crippen LogP contribution >= 0.6 is 0 Å². The maximum atomic E-state index is 12.6. The van der Waals surface area contributed by atoms with Crippen molar-refractivity contribution in [3.63, 3.8) is 0 Å². The number of methoxy groups -OCH3 is 1. The Hall–Kier alpha value is -2.17. The third-order valence-corrected chi connectivity index (χ3v) is 12.7. The van der Waals surface area contributed by atoms with Crippen LogP contribution in [0.4, 0.5) is 0 Å². The number of ether oxygens (including phenoxy) is 1. The van der Waals surface area contributed by atoms with Gasteiger partial charge in [-0.25, -0.2) is 0 Å². The van der Waals surface area contributed by atoms with Crippen molar-refractivity contribution in [2.75, 3.05) is 7.11 Å². The summed E-state index contributed by atoms with van der Waals surface area (Å²) >= 11 is 0. The van der Waals surface area contributed by atoms with Crippen LogP contribution in [0.15, 0.2) is 72.8 Å². The fraction of sp³-hybridized carbons (Fsp3) is 0.571. The Bertz CT molecular complexity index is 899. The smallest absolute Gasteiger partial charge is 0.305 e. The van der Waals surface area contributed by atoms with E-state index in [0.29, 0.717) is 12.3 Å². The number of hydrogen-bond donors (Lipinski definition) is 1. The predicted molar refractivity (Wildman–Crippen MR) is 169 cm³/mol. The monoisotopic (exact) mass is 550 g/mol. The van der Waals surface area contributed by atoms with Gasteiger partial charge in [0.2, 0.25) is 0 Å². The zero-order valence-corrected chi connectivity index (χ0v) is 26.2. The number of hydrogen-bond acceptors (Lipinski definition) is 3. The zero-order valence-electron chi connectivity index (χ0n) is 25.2. The van der Waals surface area contributed by atoms with Gasteiger partial charge in [0.15, 0.2) is 0 Å². The average Bonchev–Trinajstić information content (AvgIpc) is 2.96. The van der Waals surface area contributed by atoms with Gasteiger partial charge in [-0.1, -0.05) is 145 Å². The molecule has 0 saturated heterocycles. The fourth-order valence-electron chi connectivity index (χ4n) is 5.91. The second kappa shape index (κ2) is 18.2. The molecule has 0 unspecified atom stereocenters. The molecule has 0 spiro atoms. The van der Waals surface area contributed by atoms with Crippen LogP contribution < -0.4 is 10.4 Å². The van der Waals surface area contributed by atoms with E-state index >= 15 is 0 Å². The van der Waals surface area contributed by atoms with Gasteiger partial charge in [0.1, 0.15) is 0 Å². The summed E-state index contributed by atoms with van der Waals surface area (Å²) in [6.45, 7) is 6.89. The van der Waals surface area contributed by atoms with Crippen LogP contribution in [0, 0.1) is 5.92 Å². The maximum absolute atomic E-state index is 12.6. The van der Waals surface area contributed by atoms with Crippen LogP contribution in [0.2, 0.25) is 5.04 Å². The Labute approximate surface area is 240 Å². The first-order valence-electron chi connectivity index (χ1n) is 15.4. The molecule has 2 rings (SSSR count). The maximum Gasteiger partial charge on any atom is 0.305 e. The van der Waals surface area contributed by atoms with E-state index in [1.54, 1.807) is 0 Å². The molecule has 0 amide bonds. The molecule has 0 aliphatic heterocycles. The van der Waals surface area contributed by atoms with E-state index in [2.05, 4.69) is 81.5 Å². The lowest BCUT2D eigenvalue weighted by Crippen LogP contribution is -2.65. The molecule has 0 aromatic heterocycles. The molecule has 39 heavy (non-hydrogen) atoms. The topological polar surface area (TPSA) is 46.5 Å². The summed E-state index contributed by atoms with van der Waals surface area (Å²) in [5.41, 5.74) is 0. The van der Waals surface area contributed by atoms with Gasteiger partial charge in [-0.2, -0.15) is 0 Å². The molecule has 0 fully saturated rings. The molecule has 2 aromatic carbocycles. The third-order valence-electron chi connectivity index (χ3n) is 8.24. The van der Waals surface area contributed by atoms with E-state index in [-0.39, 0.29) is 11.0 Å². The van der Waals surface area contributed by atoms with Crippen molar-refractivity contribution < 1.29 is 14.3 Å². The Morgan fingerprint density at radius 2 is 1.41 bits per heavy atom. The minimum absolute atomic E-state index is 0.0981. The van der Waals surface area contributed by atoms with Crippen molar-refractivity contribution >= 4 is 24.7 Å². The Balaban J connectivity index is 2.02. The molecule has 1 atom stereocenters. The second-order valence-corrected chi connectivity index (χ2v) is 15.8. The minimum Gasteiger partial charge on any atom is -0.469 e. The van der Waals surface area contributed by atoms with Crippen molar-refractivity contribution in [3.8, 4) is 0 Å². The SMILES string of the molecule is CCCCCC[C@H](C/C=C\CCCCCCCC(=O)OC)CC(C)(C)[Si](O)(c1ccccc1)c1ccccc1. The lowest BCUT2D eigenvalue weighted by atomic mass is 9.88. The molecule has 0 radical (unpaired) electrons. The van der Waals surface area contributed by atoms with E-state index in [9.17, 15) is 9.59 Å². The minimum atomic E-state index is -2.99. The van der Waals surface area contributed by atoms with E-state index < -0.39 is 8.32 Å². The summed E-state index contributed by atoms with van der Waals surface area (Å²) in [5.74, 6) is 0.469. The molecule has 3 nitrogen and oxygen atoms in total. The van der Waals surface area contributed by atoms with Crippen LogP contribution in [-0.2, 0) is 9.53 Å². The third kappa shape index (κ3) is 11.1. The Morgan fingerprint density at radius 3 is 2.00 bits per heavy atom. The lowest BCUT2D eigenvalue weighted by Gasteiger charge is -2.43. The Morgan fingerprint density at radius 1 is 0.846 bits per heavy atom. The van der Waals surface area contributed by atoms with Gasteiger partial charge in [-0.3, -0.25) is 4.79 Å². The Kier molecular flexibility index (Phi) is 15.4. The van der Waals surface area contributed by atoms with Gasteiger partial charge >= 0.3 is 5.97 Å². The largest absolute Gasteiger partial charge is 0.469 e. The van der Waals surface area contributed by atoms with Gasteiger partial charge in [0.05, 0.1) is 7.11 Å². The summed E-state index contributed by atoms with van der Waals surface area (Å²) in [7, 11) is -1.53. The van der Waals surface area contributed by atoms with E-state index in [1.807, 2.05) is 12.1 Å². The molecular formula is C35H54O3Si. The van der Waals surface area contributed by atoms with Crippen molar-refractivity contribution in [1.82, 2.24) is 0 Å². The van der Waals surface area contributed by atoms with Gasteiger partial charge in [0.25, 0.3) is 8.32 Å². The highest BCUT2D eigenvalue weighted by atomic mass is 28.4. The molecular weight excluding hydrogens is 496 g/mol. The lowest BCUT2D eigenvalue weighted by molar-refractivity contribution is -0.140. The molecule has 2 aromatic rings. The highest BCUT2D eigenvalue weighted by molar-refractivity contribution is 6.98. The highest BCUT2D eigenvalue weighted by Gasteiger charge is 2.50. The zero-order chi connectivity index (χ0) is 28.4. The number of benzene rings is 2. The second-order valence-electron chi connectivity index (χ2n) is 11.8. The number of allylic oxidation sites excluding steroid dienone is 2. The van der Waals surface area contributed by atoms with Crippen molar-refractivity contribution in [3.05, 3.63) is 72.8 Å².